The second-order valence-electron chi connectivity index (χ2n) is 2.46. The van der Waals surface area contributed by atoms with Crippen LogP contribution in [0.1, 0.15) is 11.6 Å². The molecule has 6 nitrogen and oxygen atoms in total. The summed E-state index contributed by atoms with van der Waals surface area (Å²) in [5.74, 6) is 2.62. The maximum Gasteiger partial charge on any atom is 0.193 e. The highest BCUT2D eigenvalue weighted by molar-refractivity contribution is 5.40. The van der Waals surface area contributed by atoms with Crippen LogP contribution < -0.4 is 0 Å². The lowest BCUT2D eigenvalue weighted by Gasteiger charge is -1.83. The first-order valence-electron chi connectivity index (χ1n) is 3.54. The lowest BCUT2D eigenvalue weighted by atomic mass is 10.6. The second-order valence-corrected chi connectivity index (χ2v) is 2.46. The van der Waals surface area contributed by atoms with Gasteiger partial charge in [0, 0.05) is 0 Å². The van der Waals surface area contributed by atoms with Crippen LogP contribution in [0, 0.1) is 13.8 Å². The Morgan fingerprint density at radius 1 is 0.833 bits per heavy atom. The SMILES string of the molecule is Cc1n[nH]c(-c2nc(C)n[nH]2)n1. The number of nitrogens with zero attached hydrogens (tertiary/aromatic N) is 4. The van der Waals surface area contributed by atoms with Crippen molar-refractivity contribution in [1.82, 2.24) is 30.4 Å². The molecule has 2 aromatic rings. The van der Waals surface area contributed by atoms with Crippen molar-refractivity contribution >= 4 is 0 Å². The molecule has 0 atom stereocenters. The standard InChI is InChI=1S/C6H8N6/c1-3-7-5(11-9-3)6-8-4(2)10-12-6/h1-2H3,(H,7,9,11)(H,8,10,12). The van der Waals surface area contributed by atoms with Gasteiger partial charge in [0.2, 0.25) is 0 Å². The van der Waals surface area contributed by atoms with Gasteiger partial charge in [-0.05, 0) is 13.8 Å². The molecule has 2 N–H and O–H groups in total. The van der Waals surface area contributed by atoms with E-state index in [0.29, 0.717) is 23.3 Å². The highest BCUT2D eigenvalue weighted by Gasteiger charge is 2.06. The Balaban J connectivity index is 2.43. The van der Waals surface area contributed by atoms with Gasteiger partial charge in [0.15, 0.2) is 11.6 Å². The normalized spacial score (nSPS) is 10.5. The summed E-state index contributed by atoms with van der Waals surface area (Å²) in [7, 11) is 0. The predicted molar refractivity (Wildman–Crippen MR) is 41.2 cm³/mol. The van der Waals surface area contributed by atoms with E-state index in [-0.39, 0.29) is 0 Å². The fourth-order valence-electron chi connectivity index (χ4n) is 0.903. The third kappa shape index (κ3) is 1.07. The molecule has 0 aromatic carbocycles. The van der Waals surface area contributed by atoms with Gasteiger partial charge in [-0.25, -0.2) is 9.97 Å². The zero-order valence-corrected chi connectivity index (χ0v) is 6.79. The number of rotatable bonds is 1. The van der Waals surface area contributed by atoms with E-state index in [0.717, 1.165) is 0 Å². The number of aromatic nitrogens is 6. The van der Waals surface area contributed by atoms with Crippen molar-refractivity contribution in [2.24, 2.45) is 0 Å². The molecular weight excluding hydrogens is 156 g/mol. The number of H-pyrrole nitrogens is 2. The van der Waals surface area contributed by atoms with Crippen LogP contribution in [0.4, 0.5) is 0 Å². The van der Waals surface area contributed by atoms with Gasteiger partial charge < -0.3 is 0 Å². The summed E-state index contributed by atoms with van der Waals surface area (Å²) < 4.78 is 0. The van der Waals surface area contributed by atoms with E-state index in [9.17, 15) is 0 Å². The van der Waals surface area contributed by atoms with Crippen LogP contribution in [0.2, 0.25) is 0 Å². The molecule has 0 aliphatic carbocycles. The van der Waals surface area contributed by atoms with Crippen LogP contribution in [0.5, 0.6) is 0 Å². The summed E-state index contributed by atoms with van der Waals surface area (Å²) in [6.45, 7) is 3.62. The van der Waals surface area contributed by atoms with Crippen molar-refractivity contribution in [3.05, 3.63) is 11.6 Å². The molecular formula is C6H8N6. The molecule has 0 aliphatic rings. The summed E-state index contributed by atoms with van der Waals surface area (Å²) in [5, 5.41) is 13.2. The van der Waals surface area contributed by atoms with Crippen LogP contribution in [0.3, 0.4) is 0 Å². The Morgan fingerprint density at radius 3 is 1.50 bits per heavy atom. The maximum absolute atomic E-state index is 4.09. The minimum absolute atomic E-state index is 0.619. The molecule has 2 rings (SSSR count). The van der Waals surface area contributed by atoms with E-state index in [4.69, 9.17) is 0 Å². The summed E-state index contributed by atoms with van der Waals surface area (Å²) in [5.41, 5.74) is 0. The predicted octanol–water partition coefficient (Wildman–Crippen LogP) is 0.207. The average molecular weight is 164 g/mol. The Hall–Kier alpha value is -1.72. The van der Waals surface area contributed by atoms with E-state index in [1.807, 2.05) is 13.8 Å². The Kier molecular flexibility index (Phi) is 1.39. The lowest BCUT2D eigenvalue weighted by Crippen LogP contribution is -1.83. The summed E-state index contributed by atoms with van der Waals surface area (Å²) in [6.07, 6.45) is 0. The van der Waals surface area contributed by atoms with Crippen molar-refractivity contribution in [1.29, 1.82) is 0 Å². The number of hydrogen-bond acceptors (Lipinski definition) is 4. The highest BCUT2D eigenvalue weighted by atomic mass is 15.3. The zero-order valence-electron chi connectivity index (χ0n) is 6.79. The zero-order chi connectivity index (χ0) is 8.55. The fraction of sp³-hybridized carbons (Fsp3) is 0.333. The minimum atomic E-state index is 0.619. The van der Waals surface area contributed by atoms with Crippen molar-refractivity contribution in [2.45, 2.75) is 13.8 Å². The molecule has 12 heavy (non-hydrogen) atoms. The second kappa shape index (κ2) is 2.40. The van der Waals surface area contributed by atoms with Gasteiger partial charge in [-0.3, -0.25) is 10.2 Å². The number of nitrogens with one attached hydrogen (secondary N) is 2. The first kappa shape index (κ1) is 6.96. The molecule has 62 valence electrons. The van der Waals surface area contributed by atoms with Crippen molar-refractivity contribution in [3.63, 3.8) is 0 Å². The maximum atomic E-state index is 4.09. The summed E-state index contributed by atoms with van der Waals surface area (Å²) in [4.78, 5) is 8.19. The van der Waals surface area contributed by atoms with Gasteiger partial charge in [0.05, 0.1) is 0 Å². The molecule has 0 spiro atoms. The third-order valence-electron chi connectivity index (χ3n) is 1.42. The highest BCUT2D eigenvalue weighted by Crippen LogP contribution is 2.06. The number of aromatic amines is 2. The molecule has 0 saturated carbocycles. The van der Waals surface area contributed by atoms with Gasteiger partial charge in [0.25, 0.3) is 0 Å². The molecule has 0 unspecified atom stereocenters. The molecule has 0 aliphatic heterocycles. The summed E-state index contributed by atoms with van der Waals surface area (Å²) >= 11 is 0. The molecule has 0 amide bonds. The van der Waals surface area contributed by atoms with Gasteiger partial charge in [-0.2, -0.15) is 10.2 Å². The van der Waals surface area contributed by atoms with Gasteiger partial charge in [-0.15, -0.1) is 0 Å². The Labute approximate surface area is 68.5 Å². The van der Waals surface area contributed by atoms with Crippen molar-refractivity contribution < 1.29 is 0 Å². The Bertz CT molecular complexity index is 348. The number of hydrogen-bond donors (Lipinski definition) is 2. The molecule has 0 bridgehead atoms. The summed E-state index contributed by atoms with van der Waals surface area (Å²) in [6, 6.07) is 0. The topological polar surface area (TPSA) is 83.1 Å². The van der Waals surface area contributed by atoms with Gasteiger partial charge >= 0.3 is 0 Å². The molecule has 2 aromatic heterocycles. The minimum Gasteiger partial charge on any atom is -0.256 e. The van der Waals surface area contributed by atoms with E-state index < -0.39 is 0 Å². The first-order valence-corrected chi connectivity index (χ1v) is 3.54. The van der Waals surface area contributed by atoms with Crippen LogP contribution in [0.25, 0.3) is 11.6 Å². The number of aryl methyl sites for hydroxylation is 2. The van der Waals surface area contributed by atoms with E-state index in [1.54, 1.807) is 0 Å². The molecule has 0 fully saturated rings. The fourth-order valence-corrected chi connectivity index (χ4v) is 0.903. The monoisotopic (exact) mass is 164 g/mol. The molecule has 0 radical (unpaired) electrons. The van der Waals surface area contributed by atoms with Gasteiger partial charge in [0.1, 0.15) is 11.6 Å². The smallest absolute Gasteiger partial charge is 0.193 e. The van der Waals surface area contributed by atoms with Crippen LogP contribution >= 0.6 is 0 Å². The van der Waals surface area contributed by atoms with Gasteiger partial charge in [-0.1, -0.05) is 0 Å². The van der Waals surface area contributed by atoms with Crippen LogP contribution in [-0.2, 0) is 0 Å². The Morgan fingerprint density at radius 2 is 1.25 bits per heavy atom. The van der Waals surface area contributed by atoms with E-state index in [2.05, 4.69) is 30.4 Å². The third-order valence-corrected chi connectivity index (χ3v) is 1.42. The van der Waals surface area contributed by atoms with Crippen LogP contribution in [-0.4, -0.2) is 30.4 Å². The average Bonchev–Trinajstić information content (AvgIpc) is 2.58. The van der Waals surface area contributed by atoms with E-state index >= 15 is 0 Å². The molecule has 2 heterocycles. The first-order chi connectivity index (χ1) is 5.75. The largest absolute Gasteiger partial charge is 0.256 e. The van der Waals surface area contributed by atoms with Crippen molar-refractivity contribution in [3.8, 4) is 11.6 Å². The lowest BCUT2D eigenvalue weighted by molar-refractivity contribution is 1.02. The van der Waals surface area contributed by atoms with Crippen molar-refractivity contribution in [2.75, 3.05) is 0 Å². The molecule has 0 saturated heterocycles. The molecule has 6 heteroatoms. The van der Waals surface area contributed by atoms with Crippen LogP contribution in [0.15, 0.2) is 0 Å². The van der Waals surface area contributed by atoms with E-state index in [1.165, 1.54) is 0 Å². The quantitative estimate of drug-likeness (QED) is 0.631.